The third kappa shape index (κ3) is 2.57. The van der Waals surface area contributed by atoms with Gasteiger partial charge in [-0.3, -0.25) is 0 Å². The van der Waals surface area contributed by atoms with Crippen LogP contribution in [0.4, 0.5) is 8.78 Å². The summed E-state index contributed by atoms with van der Waals surface area (Å²) in [5.41, 5.74) is 6.24. The van der Waals surface area contributed by atoms with Crippen LogP contribution in [0.25, 0.3) is 0 Å². The van der Waals surface area contributed by atoms with Crippen LogP contribution in [0.15, 0.2) is 18.2 Å². The van der Waals surface area contributed by atoms with Crippen LogP contribution in [0.1, 0.15) is 24.8 Å². The van der Waals surface area contributed by atoms with Gasteiger partial charge in [-0.15, -0.1) is 0 Å². The summed E-state index contributed by atoms with van der Waals surface area (Å²) in [5.74, 6) is -0.783. The fourth-order valence-corrected chi connectivity index (χ4v) is 2.16. The normalized spacial score (nSPS) is 24.9. The molecule has 1 fully saturated rings. The minimum atomic E-state index is -0.408. The van der Waals surface area contributed by atoms with Gasteiger partial charge in [0.25, 0.3) is 0 Å². The highest BCUT2D eigenvalue weighted by atomic mass is 19.1. The van der Waals surface area contributed by atoms with E-state index >= 15 is 0 Å². The van der Waals surface area contributed by atoms with E-state index in [2.05, 4.69) is 5.32 Å². The van der Waals surface area contributed by atoms with Crippen LogP contribution in [0.2, 0.25) is 0 Å². The zero-order valence-electron chi connectivity index (χ0n) is 9.05. The van der Waals surface area contributed by atoms with Crippen molar-refractivity contribution in [2.75, 3.05) is 0 Å². The molecule has 0 spiro atoms. The van der Waals surface area contributed by atoms with Crippen LogP contribution in [0.3, 0.4) is 0 Å². The van der Waals surface area contributed by atoms with Crippen molar-refractivity contribution in [1.29, 1.82) is 0 Å². The lowest BCUT2D eigenvalue weighted by atomic mass is 10.1. The number of hydrogen-bond donors (Lipinski definition) is 2. The topological polar surface area (TPSA) is 38.0 Å². The highest BCUT2D eigenvalue weighted by Gasteiger charge is 2.23. The first-order valence-electron chi connectivity index (χ1n) is 5.59. The molecule has 2 nitrogen and oxygen atoms in total. The molecule has 3 N–H and O–H groups in total. The number of rotatable bonds is 3. The van der Waals surface area contributed by atoms with E-state index in [0.29, 0.717) is 12.1 Å². The van der Waals surface area contributed by atoms with Crippen molar-refractivity contribution in [1.82, 2.24) is 5.32 Å². The molecule has 1 aromatic carbocycles. The Morgan fingerprint density at radius 3 is 2.81 bits per heavy atom. The van der Waals surface area contributed by atoms with Crippen LogP contribution in [0, 0.1) is 11.6 Å². The molecule has 0 saturated heterocycles. The Hall–Kier alpha value is -1.00. The average Bonchev–Trinajstić information content (AvgIpc) is 2.66. The quantitative estimate of drug-likeness (QED) is 0.826. The Labute approximate surface area is 93.8 Å². The number of nitrogens with one attached hydrogen (secondary N) is 1. The minimum absolute atomic E-state index is 0.136. The van der Waals surface area contributed by atoms with Gasteiger partial charge in [0.05, 0.1) is 0 Å². The molecule has 16 heavy (non-hydrogen) atoms. The highest BCUT2D eigenvalue weighted by Crippen LogP contribution is 2.18. The predicted molar refractivity (Wildman–Crippen MR) is 58.8 cm³/mol. The molecule has 1 aliphatic rings. The molecule has 1 aliphatic carbocycles. The zero-order chi connectivity index (χ0) is 11.5. The molecule has 0 bridgehead atoms. The highest BCUT2D eigenvalue weighted by molar-refractivity contribution is 5.18. The lowest BCUT2D eigenvalue weighted by Gasteiger charge is -2.17. The van der Waals surface area contributed by atoms with E-state index in [0.717, 1.165) is 31.4 Å². The van der Waals surface area contributed by atoms with Gasteiger partial charge in [-0.1, -0.05) is 6.42 Å². The van der Waals surface area contributed by atoms with Crippen molar-refractivity contribution in [3.8, 4) is 0 Å². The maximum atomic E-state index is 13.3. The van der Waals surface area contributed by atoms with Crippen LogP contribution in [-0.4, -0.2) is 12.1 Å². The molecule has 0 aliphatic heterocycles. The summed E-state index contributed by atoms with van der Waals surface area (Å²) in [7, 11) is 0. The molecular formula is C12H16F2N2. The summed E-state index contributed by atoms with van der Waals surface area (Å²) in [5, 5.41) is 3.18. The van der Waals surface area contributed by atoms with Crippen molar-refractivity contribution >= 4 is 0 Å². The van der Waals surface area contributed by atoms with Crippen molar-refractivity contribution in [2.24, 2.45) is 5.73 Å². The van der Waals surface area contributed by atoms with E-state index in [1.807, 2.05) is 0 Å². The fourth-order valence-electron chi connectivity index (χ4n) is 2.16. The number of nitrogens with two attached hydrogens (primary N) is 1. The standard InChI is InChI=1S/C12H16F2N2/c13-9-4-5-10(14)8(6-9)7-16-12-3-1-2-11(12)15/h4-6,11-12,16H,1-3,7,15H2. The first-order valence-corrected chi connectivity index (χ1v) is 5.59. The van der Waals surface area contributed by atoms with Gasteiger partial charge in [-0.25, -0.2) is 8.78 Å². The molecule has 0 radical (unpaired) electrons. The second-order valence-corrected chi connectivity index (χ2v) is 4.32. The molecule has 0 heterocycles. The van der Waals surface area contributed by atoms with Gasteiger partial charge in [0.2, 0.25) is 0 Å². The number of hydrogen-bond acceptors (Lipinski definition) is 2. The van der Waals surface area contributed by atoms with E-state index in [1.165, 1.54) is 6.07 Å². The third-order valence-electron chi connectivity index (χ3n) is 3.13. The van der Waals surface area contributed by atoms with E-state index in [-0.39, 0.29) is 17.9 Å². The fraction of sp³-hybridized carbons (Fsp3) is 0.500. The van der Waals surface area contributed by atoms with E-state index < -0.39 is 5.82 Å². The molecule has 1 aromatic rings. The molecule has 4 heteroatoms. The summed E-state index contributed by atoms with van der Waals surface area (Å²) in [4.78, 5) is 0. The third-order valence-corrected chi connectivity index (χ3v) is 3.13. The Morgan fingerprint density at radius 2 is 2.12 bits per heavy atom. The van der Waals surface area contributed by atoms with Crippen molar-refractivity contribution in [3.05, 3.63) is 35.4 Å². The predicted octanol–water partition coefficient (Wildman–Crippen LogP) is 1.93. The van der Waals surface area contributed by atoms with Crippen LogP contribution in [-0.2, 0) is 6.54 Å². The SMILES string of the molecule is NC1CCCC1NCc1cc(F)ccc1F. The molecule has 2 atom stereocenters. The van der Waals surface area contributed by atoms with Crippen LogP contribution >= 0.6 is 0 Å². The maximum absolute atomic E-state index is 13.3. The zero-order valence-corrected chi connectivity index (χ0v) is 9.05. The first-order chi connectivity index (χ1) is 7.66. The molecule has 2 unspecified atom stereocenters. The van der Waals surface area contributed by atoms with Gasteiger partial charge >= 0.3 is 0 Å². The van der Waals surface area contributed by atoms with Crippen molar-refractivity contribution in [3.63, 3.8) is 0 Å². The van der Waals surface area contributed by atoms with Gasteiger partial charge in [-0.05, 0) is 31.0 Å². The monoisotopic (exact) mass is 226 g/mol. The summed E-state index contributed by atoms with van der Waals surface area (Å²) in [6.07, 6.45) is 3.12. The van der Waals surface area contributed by atoms with E-state index in [1.54, 1.807) is 0 Å². The largest absolute Gasteiger partial charge is 0.326 e. The summed E-state index contributed by atoms with van der Waals surface area (Å²) < 4.78 is 26.2. The lowest BCUT2D eigenvalue weighted by Crippen LogP contribution is -2.40. The van der Waals surface area contributed by atoms with E-state index in [9.17, 15) is 8.78 Å². The number of halogens is 2. The Balaban J connectivity index is 1.96. The average molecular weight is 226 g/mol. The number of benzene rings is 1. The van der Waals surface area contributed by atoms with Gasteiger partial charge < -0.3 is 11.1 Å². The molecule has 88 valence electrons. The summed E-state index contributed by atoms with van der Waals surface area (Å²) in [6, 6.07) is 3.86. The summed E-state index contributed by atoms with van der Waals surface area (Å²) >= 11 is 0. The Bertz CT molecular complexity index is 368. The van der Waals surface area contributed by atoms with Crippen molar-refractivity contribution in [2.45, 2.75) is 37.9 Å². The minimum Gasteiger partial charge on any atom is -0.326 e. The molecular weight excluding hydrogens is 210 g/mol. The summed E-state index contributed by atoms with van der Waals surface area (Å²) in [6.45, 7) is 0.335. The molecule has 2 rings (SSSR count). The van der Waals surface area contributed by atoms with E-state index in [4.69, 9.17) is 5.73 Å². The lowest BCUT2D eigenvalue weighted by molar-refractivity contribution is 0.465. The Kier molecular flexibility index (Phi) is 3.51. The molecule has 0 aromatic heterocycles. The molecule has 0 amide bonds. The van der Waals surface area contributed by atoms with Crippen LogP contribution in [0.5, 0.6) is 0 Å². The smallest absolute Gasteiger partial charge is 0.127 e. The van der Waals surface area contributed by atoms with Gasteiger partial charge in [0.1, 0.15) is 11.6 Å². The van der Waals surface area contributed by atoms with Gasteiger partial charge in [0, 0.05) is 24.2 Å². The second-order valence-electron chi connectivity index (χ2n) is 4.32. The van der Waals surface area contributed by atoms with Crippen LogP contribution < -0.4 is 11.1 Å². The second kappa shape index (κ2) is 4.89. The maximum Gasteiger partial charge on any atom is 0.127 e. The van der Waals surface area contributed by atoms with Crippen molar-refractivity contribution < 1.29 is 8.78 Å². The van der Waals surface area contributed by atoms with Gasteiger partial charge in [0.15, 0.2) is 0 Å². The first kappa shape index (κ1) is 11.5. The molecule has 1 saturated carbocycles. The van der Waals surface area contributed by atoms with Gasteiger partial charge in [-0.2, -0.15) is 0 Å². The Morgan fingerprint density at radius 1 is 1.31 bits per heavy atom.